The van der Waals surface area contributed by atoms with Crippen molar-refractivity contribution in [1.82, 2.24) is 15.0 Å². The van der Waals surface area contributed by atoms with Crippen LogP contribution in [0.4, 0.5) is 33.7 Å². The Morgan fingerprint density at radius 2 is 1.71 bits per heavy atom. The molecule has 3 heterocycles. The van der Waals surface area contributed by atoms with Crippen molar-refractivity contribution in [3.8, 4) is 0 Å². The minimum absolute atomic E-state index is 0.220. The summed E-state index contributed by atoms with van der Waals surface area (Å²) < 4.78 is 94.5. The fourth-order valence-corrected chi connectivity index (χ4v) is 4.74. The maximum absolute atomic E-state index is 14.4. The van der Waals surface area contributed by atoms with E-state index in [-0.39, 0.29) is 37.5 Å². The Hall–Kier alpha value is -2.97. The van der Waals surface area contributed by atoms with Crippen LogP contribution in [0.3, 0.4) is 0 Å². The average Bonchev–Trinajstić information content (AvgIpc) is 3.37. The summed E-state index contributed by atoms with van der Waals surface area (Å²) in [5.74, 6) is -3.99. The quantitative estimate of drug-likeness (QED) is 0.613. The zero-order valence-corrected chi connectivity index (χ0v) is 18.6. The number of likely N-dealkylation sites (tertiary alicyclic amines) is 1. The van der Waals surface area contributed by atoms with Gasteiger partial charge in [-0.3, -0.25) is 4.79 Å². The number of nitrogens with one attached hydrogen (secondary N) is 1. The van der Waals surface area contributed by atoms with Crippen LogP contribution in [0.5, 0.6) is 0 Å². The Labute approximate surface area is 190 Å². The number of sulfone groups is 1. The van der Waals surface area contributed by atoms with Crippen molar-refractivity contribution in [2.75, 3.05) is 36.1 Å². The van der Waals surface area contributed by atoms with Crippen LogP contribution < -0.4 is 10.2 Å². The van der Waals surface area contributed by atoms with Crippen molar-refractivity contribution < 1.29 is 39.7 Å². The van der Waals surface area contributed by atoms with E-state index >= 15 is 0 Å². The van der Waals surface area contributed by atoms with E-state index in [1.165, 1.54) is 4.90 Å². The monoisotopic (exact) mass is 509 g/mol. The molecule has 2 aromatic rings. The van der Waals surface area contributed by atoms with Crippen LogP contribution in [0.25, 0.3) is 0 Å². The highest BCUT2D eigenvalue weighted by atomic mass is 32.2. The first-order valence-electron chi connectivity index (χ1n) is 10.3. The fraction of sp³-hybridized carbons (Fsp3) is 0.526. The first-order chi connectivity index (χ1) is 15.8. The third kappa shape index (κ3) is 4.79. The van der Waals surface area contributed by atoms with E-state index < -0.39 is 50.1 Å². The molecule has 1 atom stereocenters. The van der Waals surface area contributed by atoms with E-state index in [9.17, 15) is 35.2 Å². The Morgan fingerprint density at radius 3 is 2.24 bits per heavy atom. The normalized spacial score (nSPS) is 20.3. The van der Waals surface area contributed by atoms with Gasteiger partial charge in [0, 0.05) is 31.9 Å². The van der Waals surface area contributed by atoms with Crippen molar-refractivity contribution in [3.63, 3.8) is 0 Å². The van der Waals surface area contributed by atoms with Gasteiger partial charge < -0.3 is 19.6 Å². The summed E-state index contributed by atoms with van der Waals surface area (Å²) in [4.78, 5) is 18.8. The molecule has 0 bridgehead atoms. The molecule has 0 aliphatic carbocycles. The van der Waals surface area contributed by atoms with Crippen LogP contribution in [0.2, 0.25) is 0 Å². The van der Waals surface area contributed by atoms with Gasteiger partial charge in [0.1, 0.15) is 11.7 Å². The lowest BCUT2D eigenvalue weighted by Gasteiger charge is -2.36. The lowest BCUT2D eigenvalue weighted by atomic mass is 10.0. The Morgan fingerprint density at radius 1 is 1.09 bits per heavy atom. The Kier molecular flexibility index (Phi) is 6.16. The molecule has 1 aromatic carbocycles. The van der Waals surface area contributed by atoms with Gasteiger partial charge in [0.2, 0.25) is 5.91 Å². The maximum Gasteiger partial charge on any atom is 0.455 e. The molecule has 9 nitrogen and oxygen atoms in total. The van der Waals surface area contributed by atoms with Crippen molar-refractivity contribution in [2.24, 2.45) is 0 Å². The molecule has 2 aliphatic rings. The van der Waals surface area contributed by atoms with Crippen LogP contribution in [0.15, 0.2) is 21.6 Å². The number of anilines is 2. The van der Waals surface area contributed by atoms with E-state index in [4.69, 9.17) is 4.52 Å². The highest BCUT2D eigenvalue weighted by Crippen LogP contribution is 2.31. The van der Waals surface area contributed by atoms with Gasteiger partial charge in [0.15, 0.2) is 21.5 Å². The fourth-order valence-electron chi connectivity index (χ4n) is 4.10. The molecule has 1 aromatic heterocycles. The summed E-state index contributed by atoms with van der Waals surface area (Å²) in [6.07, 6.45) is -2.77. The largest absolute Gasteiger partial charge is 0.455 e. The molecule has 15 heteroatoms. The van der Waals surface area contributed by atoms with Gasteiger partial charge in [-0.15, -0.1) is 0 Å². The number of carbonyl (C=O) groups is 1. The van der Waals surface area contributed by atoms with Crippen molar-refractivity contribution in [1.29, 1.82) is 0 Å². The number of nitrogens with zero attached hydrogens (tertiary/aromatic N) is 4. The summed E-state index contributed by atoms with van der Waals surface area (Å²) in [6, 6.07) is 0.00550. The van der Waals surface area contributed by atoms with E-state index in [0.29, 0.717) is 31.5 Å². The van der Waals surface area contributed by atoms with Gasteiger partial charge in [0.05, 0.1) is 4.90 Å². The van der Waals surface area contributed by atoms with E-state index in [2.05, 4.69) is 15.5 Å². The number of piperidine rings is 1. The SMILES string of the molecule is CS(=O)(=O)c1cc(F)c(NC2CCN(C3CCN(c4nc(C(F)(F)F)no4)CC3)C2=O)c(F)c1. The van der Waals surface area contributed by atoms with Crippen LogP contribution >= 0.6 is 0 Å². The molecule has 1 unspecified atom stereocenters. The molecule has 34 heavy (non-hydrogen) atoms. The van der Waals surface area contributed by atoms with Crippen LogP contribution in [-0.4, -0.2) is 67.3 Å². The predicted molar refractivity (Wildman–Crippen MR) is 108 cm³/mol. The molecule has 186 valence electrons. The van der Waals surface area contributed by atoms with Crippen molar-refractivity contribution in [3.05, 3.63) is 29.6 Å². The summed E-state index contributed by atoms with van der Waals surface area (Å²) in [5, 5.41) is 5.47. The number of rotatable bonds is 5. The number of halogens is 5. The second-order valence-electron chi connectivity index (χ2n) is 8.17. The van der Waals surface area contributed by atoms with Gasteiger partial charge in [-0.05, 0) is 36.6 Å². The molecular weight excluding hydrogens is 489 g/mol. The van der Waals surface area contributed by atoms with Gasteiger partial charge in [0.25, 0.3) is 5.82 Å². The minimum Gasteiger partial charge on any atom is -0.369 e. The number of alkyl halides is 3. The smallest absolute Gasteiger partial charge is 0.369 e. The third-order valence-corrected chi connectivity index (χ3v) is 6.94. The zero-order valence-electron chi connectivity index (χ0n) is 17.8. The highest BCUT2D eigenvalue weighted by Gasteiger charge is 2.40. The van der Waals surface area contributed by atoms with Crippen molar-refractivity contribution >= 4 is 27.4 Å². The lowest BCUT2D eigenvalue weighted by molar-refractivity contribution is -0.146. The first kappa shape index (κ1) is 24.2. The number of amides is 1. The number of hydrogen-bond donors (Lipinski definition) is 1. The van der Waals surface area contributed by atoms with Crippen molar-refractivity contribution in [2.45, 2.75) is 42.4 Å². The summed E-state index contributed by atoms with van der Waals surface area (Å²) in [7, 11) is -3.81. The molecule has 0 radical (unpaired) electrons. The predicted octanol–water partition coefficient (Wildman–Crippen LogP) is 2.45. The third-order valence-electron chi connectivity index (χ3n) is 5.85. The molecule has 2 saturated heterocycles. The number of hydrogen-bond acceptors (Lipinski definition) is 8. The zero-order chi connectivity index (χ0) is 24.8. The first-order valence-corrected chi connectivity index (χ1v) is 12.2. The second kappa shape index (κ2) is 8.67. The van der Waals surface area contributed by atoms with E-state index in [0.717, 1.165) is 6.26 Å². The lowest BCUT2D eigenvalue weighted by Crippen LogP contribution is -2.47. The number of carbonyl (C=O) groups excluding carboxylic acids is 1. The maximum atomic E-state index is 14.4. The van der Waals surface area contributed by atoms with E-state index in [1.807, 2.05) is 0 Å². The number of benzene rings is 1. The summed E-state index contributed by atoms with van der Waals surface area (Å²) in [5.41, 5.74) is -0.584. The molecule has 0 spiro atoms. The molecular formula is C19H20F5N5O4S. The van der Waals surface area contributed by atoms with Crippen LogP contribution in [-0.2, 0) is 20.8 Å². The second-order valence-corrected chi connectivity index (χ2v) is 10.2. The molecule has 1 N–H and O–H groups in total. The van der Waals surface area contributed by atoms with Crippen LogP contribution in [0.1, 0.15) is 25.1 Å². The average molecular weight is 509 g/mol. The van der Waals surface area contributed by atoms with E-state index in [1.54, 1.807) is 4.90 Å². The summed E-state index contributed by atoms with van der Waals surface area (Å²) >= 11 is 0. The molecule has 2 aliphatic heterocycles. The minimum atomic E-state index is -4.71. The molecule has 4 rings (SSSR count). The Balaban J connectivity index is 1.38. The van der Waals surface area contributed by atoms with Crippen LogP contribution in [0, 0.1) is 11.6 Å². The van der Waals surface area contributed by atoms with Gasteiger partial charge in [-0.2, -0.15) is 18.2 Å². The standard InChI is InChI=1S/C19H20F5N5O4S/c1-34(31,32)11-8-12(20)15(13(21)9-11)25-14-4-7-29(16(14)30)10-2-5-28(6-3-10)18-26-17(27-33-18)19(22,23)24/h8-10,14,25H,2-7H2,1H3. The van der Waals surface area contributed by atoms with Gasteiger partial charge in [-0.1, -0.05) is 0 Å². The molecule has 0 saturated carbocycles. The van der Waals surface area contributed by atoms with Gasteiger partial charge in [-0.25, -0.2) is 17.2 Å². The molecule has 2 fully saturated rings. The Bertz CT molecular complexity index is 1170. The molecule has 1 amide bonds. The topological polar surface area (TPSA) is 109 Å². The summed E-state index contributed by atoms with van der Waals surface area (Å²) in [6.45, 7) is 0.884. The number of aromatic nitrogens is 2. The highest BCUT2D eigenvalue weighted by molar-refractivity contribution is 7.90. The van der Waals surface area contributed by atoms with Gasteiger partial charge >= 0.3 is 12.2 Å².